The van der Waals surface area contributed by atoms with Crippen molar-refractivity contribution in [1.82, 2.24) is 4.98 Å². The molecule has 1 N–H and O–H groups in total. The summed E-state index contributed by atoms with van der Waals surface area (Å²) in [5.74, 6) is 0.987. The van der Waals surface area contributed by atoms with Crippen LogP contribution in [0.5, 0.6) is 11.5 Å². The highest BCUT2D eigenvalue weighted by atomic mass is 16.5. The number of para-hydroxylation sites is 1. The van der Waals surface area contributed by atoms with E-state index in [9.17, 15) is 4.79 Å². The van der Waals surface area contributed by atoms with Crippen molar-refractivity contribution in [3.8, 4) is 11.5 Å². The zero-order valence-corrected chi connectivity index (χ0v) is 9.07. The third-order valence-corrected chi connectivity index (χ3v) is 2.29. The lowest BCUT2D eigenvalue weighted by atomic mass is 10.3. The van der Waals surface area contributed by atoms with Gasteiger partial charge < -0.3 is 9.72 Å². The summed E-state index contributed by atoms with van der Waals surface area (Å²) in [6.07, 6.45) is 2.41. The van der Waals surface area contributed by atoms with E-state index in [1.54, 1.807) is 12.3 Å². The molecular formula is C13H13NO2. The van der Waals surface area contributed by atoms with Crippen LogP contribution in [0.2, 0.25) is 0 Å². The van der Waals surface area contributed by atoms with E-state index in [-0.39, 0.29) is 5.43 Å². The van der Waals surface area contributed by atoms with Crippen molar-refractivity contribution in [2.24, 2.45) is 0 Å². The molecule has 0 spiro atoms. The summed E-state index contributed by atoms with van der Waals surface area (Å²) in [7, 11) is 0. The highest BCUT2D eigenvalue weighted by Crippen LogP contribution is 2.16. The van der Waals surface area contributed by atoms with E-state index in [2.05, 4.69) is 4.98 Å². The van der Waals surface area contributed by atoms with E-state index in [1.165, 1.54) is 0 Å². The van der Waals surface area contributed by atoms with Crippen LogP contribution in [0.15, 0.2) is 47.4 Å². The Morgan fingerprint density at radius 2 is 2.00 bits per heavy atom. The number of ether oxygens (including phenoxy) is 1. The minimum Gasteiger partial charge on any atom is -0.452 e. The molecule has 16 heavy (non-hydrogen) atoms. The Labute approximate surface area is 93.7 Å². The Hall–Kier alpha value is -2.03. The van der Waals surface area contributed by atoms with Gasteiger partial charge in [-0.25, -0.2) is 0 Å². The normalized spacial score (nSPS) is 10.1. The molecule has 0 amide bonds. The number of benzene rings is 1. The fraction of sp³-hybridized carbons (Fsp3) is 0.154. The van der Waals surface area contributed by atoms with Crippen molar-refractivity contribution in [2.45, 2.75) is 13.3 Å². The molecule has 0 aliphatic heterocycles. The first-order valence-electron chi connectivity index (χ1n) is 5.24. The number of aromatic nitrogens is 1. The SMILES string of the molecule is CCc1cc(=O)c(Oc2ccccc2)c[nH]1. The van der Waals surface area contributed by atoms with Crippen molar-refractivity contribution < 1.29 is 4.74 Å². The maximum absolute atomic E-state index is 11.7. The van der Waals surface area contributed by atoms with Crippen molar-refractivity contribution in [3.05, 3.63) is 58.5 Å². The van der Waals surface area contributed by atoms with Gasteiger partial charge in [-0.2, -0.15) is 0 Å². The summed E-state index contributed by atoms with van der Waals surface area (Å²) >= 11 is 0. The minimum absolute atomic E-state index is 0.0977. The molecule has 0 atom stereocenters. The van der Waals surface area contributed by atoms with Crippen LogP contribution >= 0.6 is 0 Å². The quantitative estimate of drug-likeness (QED) is 0.855. The smallest absolute Gasteiger partial charge is 0.224 e. The van der Waals surface area contributed by atoms with E-state index in [0.29, 0.717) is 11.5 Å². The Morgan fingerprint density at radius 3 is 2.62 bits per heavy atom. The lowest BCUT2D eigenvalue weighted by Crippen LogP contribution is -2.06. The summed E-state index contributed by atoms with van der Waals surface area (Å²) < 4.78 is 5.46. The molecule has 0 saturated heterocycles. The molecule has 82 valence electrons. The highest BCUT2D eigenvalue weighted by molar-refractivity contribution is 5.29. The van der Waals surface area contributed by atoms with E-state index in [0.717, 1.165) is 12.1 Å². The Balaban J connectivity index is 2.26. The monoisotopic (exact) mass is 215 g/mol. The number of H-pyrrole nitrogens is 1. The van der Waals surface area contributed by atoms with Gasteiger partial charge in [0, 0.05) is 18.0 Å². The molecule has 3 nitrogen and oxygen atoms in total. The number of pyridine rings is 1. The van der Waals surface area contributed by atoms with Crippen LogP contribution in [-0.2, 0) is 6.42 Å². The Morgan fingerprint density at radius 1 is 1.25 bits per heavy atom. The molecule has 2 aromatic rings. The second-order valence-electron chi connectivity index (χ2n) is 3.46. The number of aryl methyl sites for hydroxylation is 1. The first-order valence-corrected chi connectivity index (χ1v) is 5.24. The largest absolute Gasteiger partial charge is 0.452 e. The molecule has 0 fully saturated rings. The van der Waals surface area contributed by atoms with Crippen molar-refractivity contribution in [3.63, 3.8) is 0 Å². The molecule has 2 rings (SSSR count). The van der Waals surface area contributed by atoms with Gasteiger partial charge in [0.15, 0.2) is 5.75 Å². The lowest BCUT2D eigenvalue weighted by molar-refractivity contribution is 0.475. The summed E-state index contributed by atoms with van der Waals surface area (Å²) in [4.78, 5) is 14.7. The van der Waals surface area contributed by atoms with Gasteiger partial charge in [-0.15, -0.1) is 0 Å². The van der Waals surface area contributed by atoms with E-state index in [4.69, 9.17) is 4.74 Å². The van der Waals surface area contributed by atoms with Crippen molar-refractivity contribution >= 4 is 0 Å². The molecule has 1 aromatic heterocycles. The number of nitrogens with one attached hydrogen (secondary N) is 1. The predicted octanol–water partition coefficient (Wildman–Crippen LogP) is 2.73. The van der Waals surface area contributed by atoms with Gasteiger partial charge in [-0.3, -0.25) is 4.79 Å². The second-order valence-corrected chi connectivity index (χ2v) is 3.46. The average molecular weight is 215 g/mol. The second kappa shape index (κ2) is 4.66. The maximum atomic E-state index is 11.7. The van der Waals surface area contributed by atoms with Gasteiger partial charge in [-0.1, -0.05) is 25.1 Å². The van der Waals surface area contributed by atoms with Crippen LogP contribution in [0.25, 0.3) is 0 Å². The summed E-state index contributed by atoms with van der Waals surface area (Å²) in [5.41, 5.74) is 0.810. The fourth-order valence-electron chi connectivity index (χ4n) is 1.40. The van der Waals surface area contributed by atoms with Gasteiger partial charge in [0.1, 0.15) is 5.75 Å². The molecule has 1 heterocycles. The summed E-state index contributed by atoms with van der Waals surface area (Å²) in [6.45, 7) is 1.99. The average Bonchev–Trinajstić information content (AvgIpc) is 2.33. The van der Waals surface area contributed by atoms with E-state index in [1.807, 2.05) is 37.3 Å². The van der Waals surface area contributed by atoms with Crippen LogP contribution in [0.1, 0.15) is 12.6 Å². The molecule has 3 heteroatoms. The fourth-order valence-corrected chi connectivity index (χ4v) is 1.40. The molecule has 0 aliphatic rings. The topological polar surface area (TPSA) is 42.1 Å². The van der Waals surface area contributed by atoms with Gasteiger partial charge in [0.05, 0.1) is 0 Å². The number of rotatable bonds is 3. The molecule has 1 aromatic carbocycles. The van der Waals surface area contributed by atoms with Crippen LogP contribution in [0, 0.1) is 0 Å². The van der Waals surface area contributed by atoms with Crippen LogP contribution in [-0.4, -0.2) is 4.98 Å². The third kappa shape index (κ3) is 2.31. The van der Waals surface area contributed by atoms with Crippen LogP contribution in [0.4, 0.5) is 0 Å². The molecular weight excluding hydrogens is 202 g/mol. The van der Waals surface area contributed by atoms with Gasteiger partial charge >= 0.3 is 0 Å². The summed E-state index contributed by atoms with van der Waals surface area (Å²) in [5, 5.41) is 0. The first kappa shape index (κ1) is 10.5. The minimum atomic E-state index is -0.0977. The van der Waals surface area contributed by atoms with Crippen molar-refractivity contribution in [1.29, 1.82) is 0 Å². The van der Waals surface area contributed by atoms with Crippen LogP contribution < -0.4 is 10.2 Å². The van der Waals surface area contributed by atoms with E-state index < -0.39 is 0 Å². The molecule has 0 saturated carbocycles. The third-order valence-electron chi connectivity index (χ3n) is 2.29. The van der Waals surface area contributed by atoms with E-state index >= 15 is 0 Å². The first-order chi connectivity index (χ1) is 7.79. The Bertz CT molecular complexity index is 517. The summed E-state index contributed by atoms with van der Waals surface area (Å²) in [6, 6.07) is 10.8. The zero-order valence-electron chi connectivity index (χ0n) is 9.07. The highest BCUT2D eigenvalue weighted by Gasteiger charge is 2.02. The van der Waals surface area contributed by atoms with Crippen LogP contribution in [0.3, 0.4) is 0 Å². The van der Waals surface area contributed by atoms with Gasteiger partial charge in [0.2, 0.25) is 5.43 Å². The molecule has 0 aliphatic carbocycles. The molecule has 0 bridgehead atoms. The lowest BCUT2D eigenvalue weighted by Gasteiger charge is -2.05. The molecule has 0 unspecified atom stereocenters. The standard InChI is InChI=1S/C13H13NO2/c1-2-10-8-12(15)13(9-14-10)16-11-6-4-3-5-7-11/h3-9H,2H2,1H3,(H,14,15). The maximum Gasteiger partial charge on any atom is 0.224 e. The molecule has 0 radical (unpaired) electrons. The zero-order chi connectivity index (χ0) is 11.4. The predicted molar refractivity (Wildman–Crippen MR) is 63.0 cm³/mol. The van der Waals surface area contributed by atoms with Gasteiger partial charge in [0.25, 0.3) is 0 Å². The number of hydrogen-bond acceptors (Lipinski definition) is 2. The van der Waals surface area contributed by atoms with Crippen molar-refractivity contribution in [2.75, 3.05) is 0 Å². The number of aromatic amines is 1. The number of hydrogen-bond donors (Lipinski definition) is 1. The Kier molecular flexibility index (Phi) is 3.05. The van der Waals surface area contributed by atoms with Gasteiger partial charge in [-0.05, 0) is 18.6 Å².